The van der Waals surface area contributed by atoms with Crippen molar-refractivity contribution in [2.45, 2.75) is 38.6 Å². The monoisotopic (exact) mass is 291 g/mol. The summed E-state index contributed by atoms with van der Waals surface area (Å²) in [6.07, 6.45) is 3.70. The van der Waals surface area contributed by atoms with Gasteiger partial charge in [-0.1, -0.05) is 31.9 Å². The van der Waals surface area contributed by atoms with Crippen LogP contribution in [0.5, 0.6) is 0 Å². The molecule has 1 aromatic carbocycles. The number of hydrogen-bond acceptors (Lipinski definition) is 3. The van der Waals surface area contributed by atoms with Gasteiger partial charge >= 0.3 is 0 Å². The van der Waals surface area contributed by atoms with Gasteiger partial charge in [-0.15, -0.1) is 0 Å². The average Bonchev–Trinajstić information content (AvgIpc) is 2.74. The molecule has 0 bridgehead atoms. The Morgan fingerprint density at radius 2 is 1.95 bits per heavy atom. The minimum Gasteiger partial charge on any atom is -0.369 e. The number of anilines is 1. The van der Waals surface area contributed by atoms with Gasteiger partial charge in [0.1, 0.15) is 0 Å². The highest BCUT2D eigenvalue weighted by Gasteiger charge is 2.49. The molecule has 0 saturated heterocycles. The summed E-state index contributed by atoms with van der Waals surface area (Å²) in [5.74, 6) is 1.97. The maximum absolute atomic E-state index is 6.21. The summed E-state index contributed by atoms with van der Waals surface area (Å²) < 4.78 is 0. The molecule has 0 radical (unpaired) electrons. The Balaban J connectivity index is 2.01. The van der Waals surface area contributed by atoms with E-state index in [1.165, 1.54) is 12.8 Å². The van der Waals surface area contributed by atoms with E-state index in [4.69, 9.17) is 17.3 Å². The van der Waals surface area contributed by atoms with E-state index in [2.05, 4.69) is 23.7 Å². The van der Waals surface area contributed by atoms with Gasteiger partial charge in [-0.3, -0.25) is 4.99 Å². The number of benzene rings is 1. The fourth-order valence-electron chi connectivity index (χ4n) is 3.81. The second-order valence-electron chi connectivity index (χ2n) is 6.38. The predicted octanol–water partition coefficient (Wildman–Crippen LogP) is 3.67. The third-order valence-electron chi connectivity index (χ3n) is 4.99. The van der Waals surface area contributed by atoms with Crippen molar-refractivity contribution in [3.63, 3.8) is 0 Å². The van der Waals surface area contributed by atoms with Gasteiger partial charge in [0.2, 0.25) is 0 Å². The SMILES string of the molecule is CC1CCC(C)C2(CN=C(N)N2c2ccc(Cl)cc2)C1. The van der Waals surface area contributed by atoms with Crippen molar-refractivity contribution in [1.82, 2.24) is 0 Å². The number of hydrogen-bond donors (Lipinski definition) is 1. The Bertz CT molecular complexity index is 525. The van der Waals surface area contributed by atoms with E-state index in [0.717, 1.165) is 29.6 Å². The number of aliphatic imine (C=N–C) groups is 1. The molecule has 2 aliphatic rings. The van der Waals surface area contributed by atoms with Crippen LogP contribution in [0.2, 0.25) is 5.02 Å². The quantitative estimate of drug-likeness (QED) is 0.858. The number of halogens is 1. The van der Waals surface area contributed by atoms with Crippen LogP contribution in [0.15, 0.2) is 29.3 Å². The summed E-state index contributed by atoms with van der Waals surface area (Å²) in [7, 11) is 0. The average molecular weight is 292 g/mol. The molecule has 3 rings (SSSR count). The van der Waals surface area contributed by atoms with Gasteiger partial charge in [-0.05, 0) is 48.9 Å². The third-order valence-corrected chi connectivity index (χ3v) is 5.24. The van der Waals surface area contributed by atoms with E-state index in [1.54, 1.807) is 0 Å². The lowest BCUT2D eigenvalue weighted by Gasteiger charge is -2.48. The van der Waals surface area contributed by atoms with Crippen LogP contribution in [-0.4, -0.2) is 18.0 Å². The van der Waals surface area contributed by atoms with Gasteiger partial charge < -0.3 is 10.6 Å². The Kier molecular flexibility index (Phi) is 3.41. The zero-order valence-corrected chi connectivity index (χ0v) is 12.9. The van der Waals surface area contributed by atoms with E-state index in [9.17, 15) is 0 Å². The van der Waals surface area contributed by atoms with Gasteiger partial charge in [-0.2, -0.15) is 0 Å². The topological polar surface area (TPSA) is 41.6 Å². The summed E-state index contributed by atoms with van der Waals surface area (Å²) in [5, 5.41) is 0.752. The van der Waals surface area contributed by atoms with Crippen LogP contribution < -0.4 is 10.6 Å². The van der Waals surface area contributed by atoms with Crippen molar-refractivity contribution >= 4 is 23.2 Å². The fourth-order valence-corrected chi connectivity index (χ4v) is 3.93. The van der Waals surface area contributed by atoms with Gasteiger partial charge in [0.15, 0.2) is 5.96 Å². The molecule has 108 valence electrons. The Morgan fingerprint density at radius 1 is 1.25 bits per heavy atom. The minimum atomic E-state index is 0.0512. The molecule has 3 nitrogen and oxygen atoms in total. The Hall–Kier alpha value is -1.22. The first kappa shape index (κ1) is 13.7. The summed E-state index contributed by atoms with van der Waals surface area (Å²) in [6, 6.07) is 7.94. The standard InChI is InChI=1S/C16H22ClN3/c1-11-3-4-12(2)16(9-11)10-19-15(18)20(16)14-7-5-13(17)6-8-14/h5-8,11-12H,3-4,9-10H2,1-2H3,(H2,18,19). The van der Waals surface area contributed by atoms with Crippen LogP contribution in [-0.2, 0) is 0 Å². The molecule has 3 atom stereocenters. The summed E-state index contributed by atoms with van der Waals surface area (Å²) in [5.41, 5.74) is 7.36. The summed E-state index contributed by atoms with van der Waals surface area (Å²) >= 11 is 6.00. The number of nitrogens with two attached hydrogens (primary N) is 1. The smallest absolute Gasteiger partial charge is 0.196 e. The van der Waals surface area contributed by atoms with Crippen molar-refractivity contribution in [3.05, 3.63) is 29.3 Å². The summed E-state index contributed by atoms with van der Waals surface area (Å²) in [4.78, 5) is 6.82. The van der Waals surface area contributed by atoms with Crippen molar-refractivity contribution in [2.75, 3.05) is 11.4 Å². The van der Waals surface area contributed by atoms with Crippen molar-refractivity contribution in [2.24, 2.45) is 22.6 Å². The molecule has 2 N–H and O–H groups in total. The first-order valence-electron chi connectivity index (χ1n) is 7.38. The molecular weight excluding hydrogens is 270 g/mol. The highest BCUT2D eigenvalue weighted by Crippen LogP contribution is 2.45. The van der Waals surface area contributed by atoms with E-state index in [1.807, 2.05) is 24.3 Å². The first-order valence-corrected chi connectivity index (χ1v) is 7.76. The molecule has 1 fully saturated rings. The molecule has 1 aliphatic heterocycles. The van der Waals surface area contributed by atoms with Crippen LogP contribution in [0.3, 0.4) is 0 Å². The van der Waals surface area contributed by atoms with Crippen molar-refractivity contribution in [3.8, 4) is 0 Å². The van der Waals surface area contributed by atoms with E-state index in [0.29, 0.717) is 11.9 Å². The molecule has 0 aromatic heterocycles. The largest absolute Gasteiger partial charge is 0.369 e. The van der Waals surface area contributed by atoms with E-state index in [-0.39, 0.29) is 5.54 Å². The lowest BCUT2D eigenvalue weighted by Crippen LogP contribution is -2.58. The lowest BCUT2D eigenvalue weighted by molar-refractivity contribution is 0.178. The Labute approximate surface area is 125 Å². The maximum atomic E-state index is 6.21. The maximum Gasteiger partial charge on any atom is 0.196 e. The molecule has 0 amide bonds. The second-order valence-corrected chi connectivity index (χ2v) is 6.81. The van der Waals surface area contributed by atoms with Gasteiger partial charge in [-0.25, -0.2) is 0 Å². The number of guanidine groups is 1. The zero-order valence-electron chi connectivity index (χ0n) is 12.1. The molecule has 4 heteroatoms. The van der Waals surface area contributed by atoms with Crippen LogP contribution in [0.1, 0.15) is 33.1 Å². The van der Waals surface area contributed by atoms with Gasteiger partial charge in [0.05, 0.1) is 12.1 Å². The van der Waals surface area contributed by atoms with Crippen molar-refractivity contribution in [1.29, 1.82) is 0 Å². The number of nitrogens with zero attached hydrogens (tertiary/aromatic N) is 2. The highest BCUT2D eigenvalue weighted by atomic mass is 35.5. The zero-order chi connectivity index (χ0) is 14.3. The minimum absolute atomic E-state index is 0.0512. The van der Waals surface area contributed by atoms with Crippen molar-refractivity contribution < 1.29 is 0 Å². The summed E-state index contributed by atoms with van der Waals surface area (Å²) in [6.45, 7) is 5.48. The Morgan fingerprint density at radius 3 is 2.65 bits per heavy atom. The lowest BCUT2D eigenvalue weighted by atomic mass is 9.69. The molecule has 1 heterocycles. The predicted molar refractivity (Wildman–Crippen MR) is 85.3 cm³/mol. The van der Waals surface area contributed by atoms with E-state index < -0.39 is 0 Å². The highest BCUT2D eigenvalue weighted by molar-refractivity contribution is 6.30. The van der Waals surface area contributed by atoms with Crippen LogP contribution in [0.25, 0.3) is 0 Å². The van der Waals surface area contributed by atoms with Gasteiger partial charge in [0, 0.05) is 10.7 Å². The van der Waals surface area contributed by atoms with E-state index >= 15 is 0 Å². The molecule has 1 aromatic rings. The van der Waals surface area contributed by atoms with Crippen LogP contribution in [0, 0.1) is 11.8 Å². The molecule has 1 spiro atoms. The molecule has 20 heavy (non-hydrogen) atoms. The second kappa shape index (κ2) is 4.96. The molecule has 1 saturated carbocycles. The number of rotatable bonds is 1. The molecular formula is C16H22ClN3. The molecule has 3 unspecified atom stereocenters. The fraction of sp³-hybridized carbons (Fsp3) is 0.562. The van der Waals surface area contributed by atoms with Gasteiger partial charge in [0.25, 0.3) is 0 Å². The van der Waals surface area contributed by atoms with Crippen LogP contribution in [0.4, 0.5) is 5.69 Å². The third kappa shape index (κ3) is 2.08. The molecule has 1 aliphatic carbocycles. The van der Waals surface area contributed by atoms with Crippen LogP contribution >= 0.6 is 11.6 Å². The first-order chi connectivity index (χ1) is 9.53. The normalized spacial score (nSPS) is 33.5.